The van der Waals surface area contributed by atoms with Crippen molar-refractivity contribution >= 4 is 17.8 Å². The summed E-state index contributed by atoms with van der Waals surface area (Å²) in [7, 11) is 0. The minimum Gasteiger partial charge on any atom is -0.464 e. The van der Waals surface area contributed by atoms with Gasteiger partial charge in [-0.15, -0.1) is 13.2 Å². The van der Waals surface area contributed by atoms with Crippen molar-refractivity contribution in [2.45, 2.75) is 44.6 Å². The molecule has 0 aliphatic heterocycles. The Morgan fingerprint density at radius 2 is 1.87 bits per heavy atom. The van der Waals surface area contributed by atoms with Gasteiger partial charge in [0.15, 0.2) is 0 Å². The molecule has 1 rings (SSSR count). The van der Waals surface area contributed by atoms with Gasteiger partial charge in [0.05, 0.1) is 25.1 Å². The minimum atomic E-state index is -0.586. The topological polar surface area (TPSA) is 105 Å². The van der Waals surface area contributed by atoms with Gasteiger partial charge in [-0.3, -0.25) is 14.4 Å². The number of rotatable bonds is 16. The zero-order chi connectivity index (χ0) is 22.9. The molecule has 1 aromatic rings. The first-order valence-electron chi connectivity index (χ1n) is 10.6. The molecule has 0 radical (unpaired) electrons. The van der Waals surface area contributed by atoms with Crippen LogP contribution in [-0.4, -0.2) is 48.7 Å². The predicted octanol–water partition coefficient (Wildman–Crippen LogP) is 2.30. The van der Waals surface area contributed by atoms with E-state index in [9.17, 15) is 19.5 Å². The summed E-state index contributed by atoms with van der Waals surface area (Å²) >= 11 is 0. The summed E-state index contributed by atoms with van der Waals surface area (Å²) in [5.74, 6) is -1.52. The van der Waals surface area contributed by atoms with Crippen molar-refractivity contribution in [3.63, 3.8) is 0 Å². The molecule has 170 valence electrons. The number of benzene rings is 1. The lowest BCUT2D eigenvalue weighted by atomic mass is 9.99. The van der Waals surface area contributed by atoms with Gasteiger partial charge >= 0.3 is 5.97 Å². The SMILES string of the molecule is C=CCCCC(=O)OCCNC(=O)C(CC=C)CC(=O)NC(CO)Cc1ccccc1. The quantitative estimate of drug-likeness (QED) is 0.212. The van der Waals surface area contributed by atoms with Gasteiger partial charge in [0, 0.05) is 12.8 Å². The third kappa shape index (κ3) is 11.7. The molecule has 2 atom stereocenters. The van der Waals surface area contributed by atoms with Gasteiger partial charge in [-0.25, -0.2) is 0 Å². The molecule has 0 aliphatic carbocycles. The molecule has 0 aromatic heterocycles. The van der Waals surface area contributed by atoms with Crippen LogP contribution in [-0.2, 0) is 25.5 Å². The first-order chi connectivity index (χ1) is 15.0. The lowest BCUT2D eigenvalue weighted by molar-refractivity contribution is -0.144. The highest BCUT2D eigenvalue weighted by Gasteiger charge is 2.22. The van der Waals surface area contributed by atoms with Gasteiger partial charge in [-0.2, -0.15) is 0 Å². The van der Waals surface area contributed by atoms with Crippen molar-refractivity contribution in [3.05, 3.63) is 61.2 Å². The molecule has 0 spiro atoms. The maximum Gasteiger partial charge on any atom is 0.305 e. The van der Waals surface area contributed by atoms with Crippen LogP contribution in [0.2, 0.25) is 0 Å². The first-order valence-corrected chi connectivity index (χ1v) is 10.6. The Morgan fingerprint density at radius 3 is 2.52 bits per heavy atom. The molecule has 1 aromatic carbocycles. The van der Waals surface area contributed by atoms with Crippen molar-refractivity contribution in [2.24, 2.45) is 5.92 Å². The second kappa shape index (κ2) is 15.8. The summed E-state index contributed by atoms with van der Waals surface area (Å²) in [6.45, 7) is 7.30. The van der Waals surface area contributed by atoms with E-state index in [-0.39, 0.29) is 44.0 Å². The number of aliphatic hydroxyl groups is 1. The van der Waals surface area contributed by atoms with Crippen molar-refractivity contribution in [1.29, 1.82) is 0 Å². The molecule has 3 N–H and O–H groups in total. The maximum absolute atomic E-state index is 12.4. The minimum absolute atomic E-state index is 0.0233. The number of unbranched alkanes of at least 4 members (excludes halogenated alkanes) is 1. The number of hydrogen-bond donors (Lipinski definition) is 3. The molecule has 0 aliphatic rings. The summed E-state index contributed by atoms with van der Waals surface area (Å²) < 4.78 is 5.07. The van der Waals surface area contributed by atoms with Crippen LogP contribution >= 0.6 is 0 Å². The van der Waals surface area contributed by atoms with Crippen molar-refractivity contribution in [2.75, 3.05) is 19.8 Å². The Labute approximate surface area is 184 Å². The zero-order valence-electron chi connectivity index (χ0n) is 18.1. The Balaban J connectivity index is 2.42. The van der Waals surface area contributed by atoms with Crippen LogP contribution in [0, 0.1) is 5.92 Å². The highest BCUT2D eigenvalue weighted by atomic mass is 16.5. The van der Waals surface area contributed by atoms with Gasteiger partial charge in [-0.1, -0.05) is 42.5 Å². The fourth-order valence-electron chi connectivity index (χ4n) is 3.00. The Morgan fingerprint density at radius 1 is 1.13 bits per heavy atom. The van der Waals surface area contributed by atoms with Crippen LogP contribution in [0.4, 0.5) is 0 Å². The Hall–Kier alpha value is -2.93. The average Bonchev–Trinajstić information content (AvgIpc) is 2.76. The zero-order valence-corrected chi connectivity index (χ0v) is 18.1. The molecular formula is C24H34N2O5. The van der Waals surface area contributed by atoms with Crippen LogP contribution in [0.15, 0.2) is 55.6 Å². The fourth-order valence-corrected chi connectivity index (χ4v) is 3.00. The van der Waals surface area contributed by atoms with Crippen molar-refractivity contribution in [1.82, 2.24) is 10.6 Å². The Kier molecular flexibility index (Phi) is 13.3. The second-order valence-corrected chi connectivity index (χ2v) is 7.25. The van der Waals surface area contributed by atoms with Gasteiger partial charge in [0.25, 0.3) is 0 Å². The van der Waals surface area contributed by atoms with Crippen LogP contribution in [0.1, 0.15) is 37.7 Å². The molecule has 0 saturated carbocycles. The summed E-state index contributed by atoms with van der Waals surface area (Å²) in [6.07, 6.45) is 5.89. The number of carbonyl (C=O) groups excluding carboxylic acids is 3. The van der Waals surface area contributed by atoms with E-state index in [1.807, 2.05) is 30.3 Å². The first kappa shape index (κ1) is 26.1. The summed E-state index contributed by atoms with van der Waals surface area (Å²) in [5.41, 5.74) is 1.00. The van der Waals surface area contributed by atoms with Crippen LogP contribution in [0.3, 0.4) is 0 Å². The second-order valence-electron chi connectivity index (χ2n) is 7.25. The molecule has 2 amide bonds. The predicted molar refractivity (Wildman–Crippen MR) is 120 cm³/mol. The van der Waals surface area contributed by atoms with E-state index < -0.39 is 12.0 Å². The van der Waals surface area contributed by atoms with Crippen LogP contribution in [0.25, 0.3) is 0 Å². The number of esters is 1. The van der Waals surface area contributed by atoms with E-state index >= 15 is 0 Å². The lowest BCUT2D eigenvalue weighted by Crippen LogP contribution is -2.42. The molecule has 0 saturated heterocycles. The van der Waals surface area contributed by atoms with Gasteiger partial charge < -0.3 is 20.5 Å². The maximum atomic E-state index is 12.4. The van der Waals surface area contributed by atoms with Crippen molar-refractivity contribution in [3.8, 4) is 0 Å². The molecule has 2 unspecified atom stereocenters. The van der Waals surface area contributed by atoms with E-state index in [2.05, 4.69) is 23.8 Å². The number of hydrogen-bond acceptors (Lipinski definition) is 5. The largest absolute Gasteiger partial charge is 0.464 e. The molecule has 0 heterocycles. The van der Waals surface area contributed by atoms with Gasteiger partial charge in [0.1, 0.15) is 6.61 Å². The lowest BCUT2D eigenvalue weighted by Gasteiger charge is -2.19. The number of carbonyl (C=O) groups is 3. The molecular weight excluding hydrogens is 396 g/mol. The van der Waals surface area contributed by atoms with E-state index in [1.165, 1.54) is 0 Å². The summed E-state index contributed by atoms with van der Waals surface area (Å²) in [5, 5.41) is 15.1. The Bertz CT molecular complexity index is 705. The summed E-state index contributed by atoms with van der Waals surface area (Å²) in [4.78, 5) is 36.4. The molecule has 7 heteroatoms. The molecule has 7 nitrogen and oxygen atoms in total. The highest BCUT2D eigenvalue weighted by Crippen LogP contribution is 2.11. The van der Waals surface area contributed by atoms with E-state index in [0.717, 1.165) is 12.0 Å². The molecule has 31 heavy (non-hydrogen) atoms. The molecule has 0 bridgehead atoms. The number of amides is 2. The fraction of sp³-hybridized carbons (Fsp3) is 0.458. The smallest absolute Gasteiger partial charge is 0.305 e. The van der Waals surface area contributed by atoms with Gasteiger partial charge in [-0.05, 0) is 31.2 Å². The van der Waals surface area contributed by atoms with E-state index in [0.29, 0.717) is 25.7 Å². The third-order valence-corrected chi connectivity index (χ3v) is 4.62. The van der Waals surface area contributed by atoms with Crippen molar-refractivity contribution < 1.29 is 24.2 Å². The number of nitrogens with one attached hydrogen (secondary N) is 2. The highest BCUT2D eigenvalue weighted by molar-refractivity contribution is 5.86. The number of allylic oxidation sites excluding steroid dienone is 2. The number of aliphatic hydroxyl groups excluding tert-OH is 1. The third-order valence-electron chi connectivity index (χ3n) is 4.62. The number of ether oxygens (including phenoxy) is 1. The molecule has 0 fully saturated rings. The average molecular weight is 431 g/mol. The van der Waals surface area contributed by atoms with E-state index in [4.69, 9.17) is 4.74 Å². The summed E-state index contributed by atoms with van der Waals surface area (Å²) in [6, 6.07) is 9.12. The van der Waals surface area contributed by atoms with Crippen LogP contribution in [0.5, 0.6) is 0 Å². The van der Waals surface area contributed by atoms with Gasteiger partial charge in [0.2, 0.25) is 11.8 Å². The monoisotopic (exact) mass is 430 g/mol. The van der Waals surface area contributed by atoms with E-state index in [1.54, 1.807) is 12.2 Å². The van der Waals surface area contributed by atoms with Crippen LogP contribution < -0.4 is 10.6 Å². The normalized spacial score (nSPS) is 12.3. The standard InChI is InChI=1S/C24H34N2O5/c1-3-5-7-13-23(29)31-15-14-25-24(30)20(10-4-2)17-22(28)26-21(18-27)16-19-11-8-6-9-12-19/h3-4,6,8-9,11-12,20-21,27H,1-2,5,7,10,13-18H2,(H,25,30)(H,26,28).